The summed E-state index contributed by atoms with van der Waals surface area (Å²) in [6, 6.07) is 5.12. The number of anilines is 1. The number of hydrogen-bond acceptors (Lipinski definition) is 2. The number of aromatic hydroxyl groups is 1. The molecule has 80 valence electrons. The van der Waals surface area contributed by atoms with Crippen molar-refractivity contribution in [1.29, 1.82) is 0 Å². The Morgan fingerprint density at radius 1 is 1.47 bits per heavy atom. The van der Waals surface area contributed by atoms with Gasteiger partial charge in [0.15, 0.2) is 0 Å². The number of alkyl halides is 1. The lowest BCUT2D eigenvalue weighted by Gasteiger charge is -2.18. The van der Waals surface area contributed by atoms with Gasteiger partial charge in [-0.05, 0) is 28.1 Å². The van der Waals surface area contributed by atoms with E-state index in [2.05, 4.69) is 31.9 Å². The number of amides is 1. The van der Waals surface area contributed by atoms with Gasteiger partial charge in [-0.2, -0.15) is 0 Å². The van der Waals surface area contributed by atoms with Gasteiger partial charge in [0.25, 0.3) is 0 Å². The van der Waals surface area contributed by atoms with Crippen molar-refractivity contribution in [2.75, 3.05) is 11.4 Å². The Balaban J connectivity index is 2.41. The molecule has 1 N–H and O–H groups in total. The minimum absolute atomic E-state index is 0.0269. The Hall–Kier alpha value is -0.550. The molecule has 1 aliphatic heterocycles. The fourth-order valence-electron chi connectivity index (χ4n) is 1.65. The molecule has 1 unspecified atom stereocenters. The lowest BCUT2D eigenvalue weighted by atomic mass is 10.2. The fraction of sp³-hybridized carbons (Fsp3) is 0.300. The van der Waals surface area contributed by atoms with Gasteiger partial charge in [0, 0.05) is 22.3 Å². The monoisotopic (exact) mass is 333 g/mol. The number of para-hydroxylation sites is 1. The molecule has 0 saturated carbocycles. The molecule has 0 bridgehead atoms. The van der Waals surface area contributed by atoms with E-state index in [0.29, 0.717) is 18.7 Å². The second-order valence-corrected chi connectivity index (χ2v) is 5.56. The normalized spacial score (nSPS) is 21.1. The molecule has 1 fully saturated rings. The molecule has 2 rings (SSSR count). The van der Waals surface area contributed by atoms with Crippen molar-refractivity contribution >= 4 is 43.5 Å². The van der Waals surface area contributed by atoms with Crippen LogP contribution in [0.1, 0.15) is 6.42 Å². The molecule has 1 aliphatic rings. The highest BCUT2D eigenvalue weighted by Crippen LogP contribution is 2.38. The van der Waals surface area contributed by atoms with Crippen LogP contribution in [0.2, 0.25) is 0 Å². The van der Waals surface area contributed by atoms with Crippen LogP contribution in [0.3, 0.4) is 0 Å². The number of hydrogen-bond donors (Lipinski definition) is 1. The van der Waals surface area contributed by atoms with E-state index in [1.54, 1.807) is 17.0 Å². The summed E-state index contributed by atoms with van der Waals surface area (Å²) in [5, 5.41) is 9.72. The highest BCUT2D eigenvalue weighted by molar-refractivity contribution is 9.10. The Labute approximate surface area is 104 Å². The summed E-state index contributed by atoms with van der Waals surface area (Å²) in [6.07, 6.45) is 0.473. The zero-order chi connectivity index (χ0) is 11.0. The van der Waals surface area contributed by atoms with E-state index in [9.17, 15) is 9.90 Å². The first kappa shape index (κ1) is 11.0. The van der Waals surface area contributed by atoms with E-state index in [0.717, 1.165) is 4.47 Å². The maximum atomic E-state index is 11.7. The lowest BCUT2D eigenvalue weighted by molar-refractivity contribution is -0.117. The smallest absolute Gasteiger partial charge is 0.228 e. The third-order valence-electron chi connectivity index (χ3n) is 2.31. The van der Waals surface area contributed by atoms with Crippen LogP contribution in [0, 0.1) is 0 Å². The number of phenolic OH excluding ortho intramolecular Hbond substituents is 1. The van der Waals surface area contributed by atoms with Crippen LogP contribution >= 0.6 is 31.9 Å². The summed E-state index contributed by atoms with van der Waals surface area (Å²) in [4.78, 5) is 13.4. The van der Waals surface area contributed by atoms with E-state index < -0.39 is 0 Å². The van der Waals surface area contributed by atoms with E-state index >= 15 is 0 Å². The van der Waals surface area contributed by atoms with Gasteiger partial charge >= 0.3 is 0 Å². The summed E-state index contributed by atoms with van der Waals surface area (Å²) in [5.74, 6) is 0.151. The molecule has 15 heavy (non-hydrogen) atoms. The first-order valence-corrected chi connectivity index (χ1v) is 6.22. The number of halogens is 2. The van der Waals surface area contributed by atoms with Crippen LogP contribution in [-0.4, -0.2) is 22.4 Å². The Bertz CT molecular complexity index is 388. The second kappa shape index (κ2) is 4.14. The van der Waals surface area contributed by atoms with Gasteiger partial charge in [0.05, 0.1) is 0 Å². The third-order valence-corrected chi connectivity index (χ3v) is 3.57. The molecule has 0 spiro atoms. The number of phenols is 1. The predicted octanol–water partition coefficient (Wildman–Crippen LogP) is 2.65. The topological polar surface area (TPSA) is 40.5 Å². The fourth-order valence-corrected chi connectivity index (χ4v) is 2.79. The van der Waals surface area contributed by atoms with E-state index in [-0.39, 0.29) is 16.5 Å². The predicted molar refractivity (Wildman–Crippen MR) is 65.5 cm³/mol. The maximum Gasteiger partial charge on any atom is 0.228 e. The van der Waals surface area contributed by atoms with Crippen molar-refractivity contribution in [1.82, 2.24) is 0 Å². The summed E-state index contributed by atoms with van der Waals surface area (Å²) >= 11 is 6.74. The molecule has 0 radical (unpaired) electrons. The molecule has 1 atom stereocenters. The molecule has 0 aromatic heterocycles. The number of carbonyl (C=O) groups excluding carboxylic acids is 1. The van der Waals surface area contributed by atoms with Crippen molar-refractivity contribution in [2.45, 2.75) is 11.2 Å². The molecule has 1 aromatic carbocycles. The van der Waals surface area contributed by atoms with Crippen LogP contribution in [0.5, 0.6) is 5.75 Å². The van der Waals surface area contributed by atoms with Crippen molar-refractivity contribution in [3.63, 3.8) is 0 Å². The molecule has 1 heterocycles. The first-order chi connectivity index (χ1) is 7.09. The van der Waals surface area contributed by atoms with Crippen molar-refractivity contribution < 1.29 is 9.90 Å². The van der Waals surface area contributed by atoms with Gasteiger partial charge in [0.1, 0.15) is 11.4 Å². The Morgan fingerprint density at radius 3 is 2.73 bits per heavy atom. The summed E-state index contributed by atoms with van der Waals surface area (Å²) in [7, 11) is 0. The minimum atomic E-state index is 0.0269. The van der Waals surface area contributed by atoms with Gasteiger partial charge in [-0.3, -0.25) is 4.79 Å². The van der Waals surface area contributed by atoms with Gasteiger partial charge in [0.2, 0.25) is 5.91 Å². The van der Waals surface area contributed by atoms with Gasteiger partial charge in [-0.25, -0.2) is 0 Å². The average Bonchev–Trinajstić information content (AvgIpc) is 2.45. The average molecular weight is 335 g/mol. The van der Waals surface area contributed by atoms with E-state index in [4.69, 9.17) is 0 Å². The molecular weight excluding hydrogens is 326 g/mol. The second-order valence-electron chi connectivity index (χ2n) is 3.41. The standard InChI is InChI=1S/C10H9Br2NO2/c11-6-4-9(15)13(5-6)10-7(12)2-1-3-8(10)14/h1-3,6,14H,4-5H2. The molecule has 1 aromatic rings. The molecule has 0 aliphatic carbocycles. The molecule has 1 amide bonds. The molecule has 5 heteroatoms. The SMILES string of the molecule is O=C1CC(Br)CN1c1c(O)cccc1Br. The molecular formula is C10H9Br2NO2. The summed E-state index contributed by atoms with van der Waals surface area (Å²) in [5.41, 5.74) is 0.560. The van der Waals surface area contributed by atoms with Crippen LogP contribution in [0.25, 0.3) is 0 Å². The minimum Gasteiger partial charge on any atom is -0.506 e. The molecule has 3 nitrogen and oxygen atoms in total. The quantitative estimate of drug-likeness (QED) is 0.802. The zero-order valence-electron chi connectivity index (χ0n) is 7.78. The Morgan fingerprint density at radius 2 is 2.20 bits per heavy atom. The number of benzene rings is 1. The number of carbonyl (C=O) groups is 1. The van der Waals surface area contributed by atoms with Crippen molar-refractivity contribution in [3.05, 3.63) is 22.7 Å². The summed E-state index contributed by atoms with van der Waals surface area (Å²) in [6.45, 7) is 0.592. The van der Waals surface area contributed by atoms with Crippen LogP contribution in [0.15, 0.2) is 22.7 Å². The third kappa shape index (κ3) is 2.03. The number of nitrogens with zero attached hydrogens (tertiary/aromatic N) is 1. The van der Waals surface area contributed by atoms with Gasteiger partial charge < -0.3 is 10.0 Å². The van der Waals surface area contributed by atoms with Gasteiger partial charge in [-0.1, -0.05) is 22.0 Å². The van der Waals surface area contributed by atoms with Crippen LogP contribution in [-0.2, 0) is 4.79 Å². The summed E-state index contributed by atoms with van der Waals surface area (Å²) < 4.78 is 0.734. The van der Waals surface area contributed by atoms with Crippen molar-refractivity contribution in [3.8, 4) is 5.75 Å². The first-order valence-electron chi connectivity index (χ1n) is 4.51. The highest BCUT2D eigenvalue weighted by atomic mass is 79.9. The van der Waals surface area contributed by atoms with Crippen LogP contribution < -0.4 is 4.90 Å². The molecule has 1 saturated heterocycles. The van der Waals surface area contributed by atoms with E-state index in [1.807, 2.05) is 6.07 Å². The van der Waals surface area contributed by atoms with Crippen LogP contribution in [0.4, 0.5) is 5.69 Å². The largest absolute Gasteiger partial charge is 0.506 e. The van der Waals surface area contributed by atoms with Gasteiger partial charge in [-0.15, -0.1) is 0 Å². The highest BCUT2D eigenvalue weighted by Gasteiger charge is 2.31. The maximum absolute atomic E-state index is 11.7. The lowest BCUT2D eigenvalue weighted by Crippen LogP contribution is -2.24. The van der Waals surface area contributed by atoms with E-state index in [1.165, 1.54) is 0 Å². The van der Waals surface area contributed by atoms with Crippen molar-refractivity contribution in [2.24, 2.45) is 0 Å². The zero-order valence-corrected chi connectivity index (χ0v) is 11.0. The Kier molecular flexibility index (Phi) is 3.02. The number of rotatable bonds is 1.